The molecular weight excluding hydrogens is 160 g/mol. The highest BCUT2D eigenvalue weighted by Crippen LogP contribution is 2.25. The molecule has 1 rings (SSSR count). The third-order valence-electron chi connectivity index (χ3n) is 2.51. The van der Waals surface area contributed by atoms with Crippen LogP contribution in [0.2, 0.25) is 0 Å². The van der Waals surface area contributed by atoms with E-state index in [0.717, 1.165) is 12.3 Å². The molecule has 0 spiro atoms. The van der Waals surface area contributed by atoms with Gasteiger partial charge in [0.1, 0.15) is 5.84 Å². The molecule has 0 aromatic heterocycles. The van der Waals surface area contributed by atoms with Crippen LogP contribution in [0, 0.1) is 0 Å². The van der Waals surface area contributed by atoms with Gasteiger partial charge < -0.3 is 4.90 Å². The minimum absolute atomic E-state index is 1.09. The number of aliphatic imine (C=N–C) groups is 1. The molecule has 0 radical (unpaired) electrons. The van der Waals surface area contributed by atoms with Crippen molar-refractivity contribution in [1.29, 1.82) is 0 Å². The predicted octanol–water partition coefficient (Wildman–Crippen LogP) is 2.59. The summed E-state index contributed by atoms with van der Waals surface area (Å²) in [5.74, 6) is 1.09. The summed E-state index contributed by atoms with van der Waals surface area (Å²) in [6.07, 6.45) is 3.23. The second-order valence-corrected chi connectivity index (χ2v) is 3.48. The number of rotatable bonds is 1. The first-order valence-electron chi connectivity index (χ1n) is 4.70. The SMILES string of the molecule is CC/C(C)=C1/C(C)=CN(C)C1=NC. The number of nitrogens with zero attached hydrogens (tertiary/aromatic N) is 2. The summed E-state index contributed by atoms with van der Waals surface area (Å²) in [5, 5.41) is 0. The number of hydrogen-bond donors (Lipinski definition) is 0. The topological polar surface area (TPSA) is 15.6 Å². The minimum Gasteiger partial charge on any atom is -0.336 e. The van der Waals surface area contributed by atoms with E-state index >= 15 is 0 Å². The average Bonchev–Trinajstić information content (AvgIpc) is 2.39. The van der Waals surface area contributed by atoms with E-state index in [9.17, 15) is 0 Å². The van der Waals surface area contributed by atoms with Gasteiger partial charge in [-0.1, -0.05) is 12.5 Å². The van der Waals surface area contributed by atoms with E-state index in [2.05, 4.69) is 36.9 Å². The van der Waals surface area contributed by atoms with Crippen molar-refractivity contribution in [2.24, 2.45) is 4.99 Å². The standard InChI is InChI=1S/C11H18N2/c1-6-8(2)10-9(3)7-13(5)11(10)12-4/h7H,6H2,1-5H3/b10-8-,12-11?. The van der Waals surface area contributed by atoms with Crippen LogP contribution in [0.3, 0.4) is 0 Å². The van der Waals surface area contributed by atoms with Crippen molar-refractivity contribution in [3.8, 4) is 0 Å². The summed E-state index contributed by atoms with van der Waals surface area (Å²) in [6, 6.07) is 0. The second-order valence-electron chi connectivity index (χ2n) is 3.48. The molecule has 0 aliphatic carbocycles. The van der Waals surface area contributed by atoms with Gasteiger partial charge >= 0.3 is 0 Å². The summed E-state index contributed by atoms with van der Waals surface area (Å²) in [5.41, 5.74) is 4.06. The lowest BCUT2D eigenvalue weighted by Crippen LogP contribution is -2.17. The number of hydrogen-bond acceptors (Lipinski definition) is 1. The smallest absolute Gasteiger partial charge is 0.134 e. The summed E-state index contributed by atoms with van der Waals surface area (Å²) in [4.78, 5) is 6.39. The zero-order valence-corrected chi connectivity index (χ0v) is 9.18. The summed E-state index contributed by atoms with van der Waals surface area (Å²) >= 11 is 0. The molecule has 0 N–H and O–H groups in total. The van der Waals surface area contributed by atoms with Gasteiger partial charge in [-0.05, 0) is 25.8 Å². The van der Waals surface area contributed by atoms with Crippen LogP contribution in [0.5, 0.6) is 0 Å². The molecule has 1 aliphatic rings. The fourth-order valence-corrected chi connectivity index (χ4v) is 1.74. The number of allylic oxidation sites excluding steroid dienone is 1. The van der Waals surface area contributed by atoms with Crippen molar-refractivity contribution in [1.82, 2.24) is 4.90 Å². The zero-order chi connectivity index (χ0) is 10.0. The van der Waals surface area contributed by atoms with Gasteiger partial charge in [-0.3, -0.25) is 4.99 Å². The highest BCUT2D eigenvalue weighted by molar-refractivity contribution is 6.05. The van der Waals surface area contributed by atoms with Crippen LogP contribution in [0.4, 0.5) is 0 Å². The van der Waals surface area contributed by atoms with E-state index in [-0.39, 0.29) is 0 Å². The van der Waals surface area contributed by atoms with E-state index in [0.29, 0.717) is 0 Å². The summed E-state index contributed by atoms with van der Waals surface area (Å²) in [6.45, 7) is 6.50. The van der Waals surface area contributed by atoms with Crippen molar-refractivity contribution < 1.29 is 0 Å². The van der Waals surface area contributed by atoms with E-state index in [1.165, 1.54) is 16.7 Å². The molecule has 0 atom stereocenters. The van der Waals surface area contributed by atoms with Crippen LogP contribution in [0.15, 0.2) is 27.9 Å². The Hall–Kier alpha value is -1.05. The van der Waals surface area contributed by atoms with Crippen LogP contribution in [0.1, 0.15) is 27.2 Å². The highest BCUT2D eigenvalue weighted by Gasteiger charge is 2.20. The Morgan fingerprint density at radius 2 is 2.15 bits per heavy atom. The first-order valence-corrected chi connectivity index (χ1v) is 4.70. The molecule has 13 heavy (non-hydrogen) atoms. The highest BCUT2D eigenvalue weighted by atomic mass is 15.2. The number of likely N-dealkylation sites (N-methyl/N-ethyl adjacent to an activating group) is 1. The third-order valence-corrected chi connectivity index (χ3v) is 2.51. The van der Waals surface area contributed by atoms with Gasteiger partial charge in [0.05, 0.1) is 0 Å². The van der Waals surface area contributed by atoms with E-state index in [1.54, 1.807) is 0 Å². The maximum absolute atomic E-state index is 4.30. The van der Waals surface area contributed by atoms with Crippen molar-refractivity contribution >= 4 is 5.84 Å². The molecule has 0 bridgehead atoms. The van der Waals surface area contributed by atoms with Gasteiger partial charge in [0.2, 0.25) is 0 Å². The Morgan fingerprint density at radius 1 is 1.54 bits per heavy atom. The minimum atomic E-state index is 1.09. The van der Waals surface area contributed by atoms with E-state index in [4.69, 9.17) is 0 Å². The lowest BCUT2D eigenvalue weighted by Gasteiger charge is -2.12. The van der Waals surface area contributed by atoms with Crippen molar-refractivity contribution in [2.75, 3.05) is 14.1 Å². The molecule has 1 heterocycles. The normalized spacial score (nSPS) is 23.9. The summed E-state index contributed by atoms with van der Waals surface area (Å²) < 4.78 is 0. The lowest BCUT2D eigenvalue weighted by molar-refractivity contribution is 0.700. The van der Waals surface area contributed by atoms with Gasteiger partial charge in [0.15, 0.2) is 0 Å². The van der Waals surface area contributed by atoms with Crippen molar-refractivity contribution in [3.05, 3.63) is 22.9 Å². The molecule has 72 valence electrons. The molecule has 0 unspecified atom stereocenters. The lowest BCUT2D eigenvalue weighted by atomic mass is 10.0. The quantitative estimate of drug-likeness (QED) is 0.602. The van der Waals surface area contributed by atoms with Gasteiger partial charge in [-0.15, -0.1) is 0 Å². The molecule has 0 aromatic rings. The van der Waals surface area contributed by atoms with E-state index in [1.807, 2.05) is 14.1 Å². The van der Waals surface area contributed by atoms with Crippen LogP contribution in [-0.4, -0.2) is 24.8 Å². The number of amidine groups is 1. The Bertz CT molecular complexity index is 292. The Morgan fingerprint density at radius 3 is 2.62 bits per heavy atom. The molecule has 0 saturated heterocycles. The molecule has 0 aromatic carbocycles. The first-order chi connectivity index (χ1) is 6.11. The van der Waals surface area contributed by atoms with Gasteiger partial charge in [0, 0.05) is 25.9 Å². The largest absolute Gasteiger partial charge is 0.336 e. The van der Waals surface area contributed by atoms with Crippen LogP contribution < -0.4 is 0 Å². The molecule has 0 saturated carbocycles. The molecule has 2 nitrogen and oxygen atoms in total. The molecule has 2 heteroatoms. The fraction of sp³-hybridized carbons (Fsp3) is 0.545. The van der Waals surface area contributed by atoms with Gasteiger partial charge in [-0.25, -0.2) is 0 Å². The fourth-order valence-electron chi connectivity index (χ4n) is 1.74. The monoisotopic (exact) mass is 178 g/mol. The van der Waals surface area contributed by atoms with Crippen molar-refractivity contribution in [3.63, 3.8) is 0 Å². The average molecular weight is 178 g/mol. The van der Waals surface area contributed by atoms with Crippen LogP contribution in [-0.2, 0) is 0 Å². The third kappa shape index (κ3) is 1.67. The van der Waals surface area contributed by atoms with Gasteiger partial charge in [-0.2, -0.15) is 0 Å². The summed E-state index contributed by atoms with van der Waals surface area (Å²) in [7, 11) is 3.89. The predicted molar refractivity (Wildman–Crippen MR) is 57.9 cm³/mol. The first kappa shape index (κ1) is 10.0. The van der Waals surface area contributed by atoms with Gasteiger partial charge in [0.25, 0.3) is 0 Å². The Kier molecular flexibility index (Phi) is 2.91. The van der Waals surface area contributed by atoms with Crippen molar-refractivity contribution in [2.45, 2.75) is 27.2 Å². The Balaban J connectivity index is 3.18. The molecule has 0 fully saturated rings. The maximum atomic E-state index is 4.30. The Labute approximate surface area is 80.7 Å². The van der Waals surface area contributed by atoms with Crippen LogP contribution >= 0.6 is 0 Å². The molecule has 0 amide bonds. The zero-order valence-electron chi connectivity index (χ0n) is 9.18. The molecule has 1 aliphatic heterocycles. The molecular formula is C11H18N2. The van der Waals surface area contributed by atoms with Crippen LogP contribution in [0.25, 0.3) is 0 Å². The maximum Gasteiger partial charge on any atom is 0.134 e. The van der Waals surface area contributed by atoms with E-state index < -0.39 is 0 Å². The second kappa shape index (κ2) is 3.77.